The average molecular weight is 245 g/mol. The maximum Gasteiger partial charge on any atom is 0.00698 e. The van der Waals surface area contributed by atoms with Crippen molar-refractivity contribution in [2.24, 2.45) is 5.92 Å². The third-order valence-electron chi connectivity index (χ3n) is 4.37. The molecule has 2 unspecified atom stereocenters. The van der Waals surface area contributed by atoms with Crippen molar-refractivity contribution in [1.29, 1.82) is 0 Å². The zero-order chi connectivity index (χ0) is 13.1. The number of nitrogens with one attached hydrogen (secondary N) is 1. The number of aryl methyl sites for hydroxylation is 3. The van der Waals surface area contributed by atoms with Gasteiger partial charge in [-0.05, 0) is 75.6 Å². The van der Waals surface area contributed by atoms with Crippen LogP contribution in [0.4, 0.5) is 0 Å². The van der Waals surface area contributed by atoms with E-state index in [-0.39, 0.29) is 0 Å². The molecule has 1 saturated carbocycles. The van der Waals surface area contributed by atoms with E-state index in [9.17, 15) is 0 Å². The molecule has 1 aliphatic carbocycles. The summed E-state index contributed by atoms with van der Waals surface area (Å²) >= 11 is 0. The zero-order valence-corrected chi connectivity index (χ0v) is 12.3. The van der Waals surface area contributed by atoms with Crippen molar-refractivity contribution in [2.45, 2.75) is 59.4 Å². The third kappa shape index (κ3) is 3.14. The van der Waals surface area contributed by atoms with Gasteiger partial charge >= 0.3 is 0 Å². The smallest absolute Gasteiger partial charge is 0.00698 e. The van der Waals surface area contributed by atoms with Crippen molar-refractivity contribution in [2.75, 3.05) is 6.54 Å². The van der Waals surface area contributed by atoms with Gasteiger partial charge in [0.25, 0.3) is 0 Å². The number of rotatable bonds is 4. The highest BCUT2D eigenvalue weighted by Crippen LogP contribution is 2.30. The highest BCUT2D eigenvalue weighted by atomic mass is 14.9. The molecule has 1 fully saturated rings. The first kappa shape index (κ1) is 13.6. The van der Waals surface area contributed by atoms with Crippen molar-refractivity contribution in [1.82, 2.24) is 5.32 Å². The summed E-state index contributed by atoms with van der Waals surface area (Å²) in [6, 6.07) is 5.43. The minimum absolute atomic E-state index is 0.770. The Kier molecular flexibility index (Phi) is 4.45. The second kappa shape index (κ2) is 5.88. The molecule has 100 valence electrons. The van der Waals surface area contributed by atoms with Crippen LogP contribution in [0.25, 0.3) is 0 Å². The quantitative estimate of drug-likeness (QED) is 0.847. The summed E-state index contributed by atoms with van der Waals surface area (Å²) in [7, 11) is 0. The summed E-state index contributed by atoms with van der Waals surface area (Å²) in [5, 5.41) is 3.60. The van der Waals surface area contributed by atoms with E-state index in [0.717, 1.165) is 18.5 Å². The Morgan fingerprint density at radius 1 is 1.11 bits per heavy atom. The van der Waals surface area contributed by atoms with Crippen LogP contribution in [0.5, 0.6) is 0 Å². The fourth-order valence-corrected chi connectivity index (χ4v) is 3.55. The molecule has 1 heteroatoms. The summed E-state index contributed by atoms with van der Waals surface area (Å²) in [5.74, 6) is 0.883. The summed E-state index contributed by atoms with van der Waals surface area (Å²) < 4.78 is 0. The average Bonchev–Trinajstić information content (AvgIpc) is 2.72. The third-order valence-corrected chi connectivity index (χ3v) is 4.37. The van der Waals surface area contributed by atoms with Crippen LogP contribution in [0.1, 0.15) is 48.4 Å². The molecule has 0 aromatic heterocycles. The van der Waals surface area contributed by atoms with Gasteiger partial charge < -0.3 is 5.32 Å². The normalized spacial score (nSPS) is 23.6. The van der Waals surface area contributed by atoms with Crippen LogP contribution in [0.2, 0.25) is 0 Å². The van der Waals surface area contributed by atoms with E-state index >= 15 is 0 Å². The maximum absolute atomic E-state index is 3.60. The highest BCUT2D eigenvalue weighted by Gasteiger charge is 2.24. The van der Waals surface area contributed by atoms with E-state index in [0.29, 0.717) is 0 Å². The van der Waals surface area contributed by atoms with Crippen LogP contribution in [0.3, 0.4) is 0 Å². The van der Waals surface area contributed by atoms with Gasteiger partial charge in [0, 0.05) is 6.04 Å². The van der Waals surface area contributed by atoms with E-state index in [2.05, 4.69) is 45.1 Å². The van der Waals surface area contributed by atoms with Crippen molar-refractivity contribution in [3.05, 3.63) is 34.4 Å². The molecule has 1 aliphatic rings. The molecule has 0 saturated heterocycles. The highest BCUT2D eigenvalue weighted by molar-refractivity contribution is 5.37. The largest absolute Gasteiger partial charge is 0.314 e. The van der Waals surface area contributed by atoms with Crippen molar-refractivity contribution < 1.29 is 0 Å². The molecular formula is C17H27N. The number of benzene rings is 1. The molecule has 2 rings (SSSR count). The summed E-state index contributed by atoms with van der Waals surface area (Å²) in [6.45, 7) is 10.1. The first-order valence-corrected chi connectivity index (χ1v) is 7.40. The summed E-state index contributed by atoms with van der Waals surface area (Å²) in [5.41, 5.74) is 5.97. The topological polar surface area (TPSA) is 12.0 Å². The van der Waals surface area contributed by atoms with Gasteiger partial charge in [0.05, 0.1) is 0 Å². The minimum atomic E-state index is 0.770. The van der Waals surface area contributed by atoms with Gasteiger partial charge in [0.1, 0.15) is 0 Å². The second-order valence-electron chi connectivity index (χ2n) is 6.02. The van der Waals surface area contributed by atoms with E-state index in [1.54, 1.807) is 5.56 Å². The van der Waals surface area contributed by atoms with Crippen LogP contribution in [0, 0.1) is 26.7 Å². The van der Waals surface area contributed by atoms with Crippen LogP contribution in [-0.4, -0.2) is 12.6 Å². The lowest BCUT2D eigenvalue weighted by molar-refractivity contribution is 0.492. The molecule has 0 radical (unpaired) electrons. The molecule has 0 spiro atoms. The molecule has 18 heavy (non-hydrogen) atoms. The van der Waals surface area contributed by atoms with Gasteiger partial charge in [0.2, 0.25) is 0 Å². The van der Waals surface area contributed by atoms with E-state index < -0.39 is 0 Å². The maximum atomic E-state index is 3.60. The Labute approximate surface area is 112 Å². The van der Waals surface area contributed by atoms with Gasteiger partial charge in [-0.1, -0.05) is 24.6 Å². The van der Waals surface area contributed by atoms with Crippen LogP contribution < -0.4 is 5.32 Å². The van der Waals surface area contributed by atoms with E-state index in [4.69, 9.17) is 0 Å². The lowest BCUT2D eigenvalue weighted by Gasteiger charge is -2.16. The molecule has 1 N–H and O–H groups in total. The fourth-order valence-electron chi connectivity index (χ4n) is 3.55. The SMILES string of the molecule is CCNC1CCC(Cc2c(C)cc(C)cc2C)C1. The van der Waals surface area contributed by atoms with Gasteiger partial charge in [0.15, 0.2) is 0 Å². The predicted octanol–water partition coefficient (Wildman–Crippen LogP) is 3.93. The molecule has 1 nitrogen and oxygen atoms in total. The lowest BCUT2D eigenvalue weighted by Crippen LogP contribution is -2.26. The first-order chi connectivity index (χ1) is 8.60. The molecule has 0 bridgehead atoms. The molecule has 0 aliphatic heterocycles. The Hall–Kier alpha value is -0.820. The summed E-state index contributed by atoms with van der Waals surface area (Å²) in [4.78, 5) is 0. The Balaban J connectivity index is 2.02. The van der Waals surface area contributed by atoms with E-state index in [1.165, 1.54) is 42.4 Å². The Bertz CT molecular complexity index is 385. The standard InChI is InChI=1S/C17H27N/c1-5-18-16-7-6-15(10-16)11-17-13(3)8-12(2)9-14(17)4/h8-9,15-16,18H,5-7,10-11H2,1-4H3. The Morgan fingerprint density at radius 2 is 1.78 bits per heavy atom. The van der Waals surface area contributed by atoms with Crippen LogP contribution in [-0.2, 0) is 6.42 Å². The first-order valence-electron chi connectivity index (χ1n) is 7.40. The molecule has 2 atom stereocenters. The lowest BCUT2D eigenvalue weighted by atomic mass is 9.90. The monoisotopic (exact) mass is 245 g/mol. The van der Waals surface area contributed by atoms with Crippen LogP contribution in [0.15, 0.2) is 12.1 Å². The minimum Gasteiger partial charge on any atom is -0.314 e. The Morgan fingerprint density at radius 3 is 2.39 bits per heavy atom. The second-order valence-corrected chi connectivity index (χ2v) is 6.02. The molecule has 1 aromatic rings. The number of hydrogen-bond donors (Lipinski definition) is 1. The number of hydrogen-bond acceptors (Lipinski definition) is 1. The fraction of sp³-hybridized carbons (Fsp3) is 0.647. The van der Waals surface area contributed by atoms with Crippen molar-refractivity contribution in [3.8, 4) is 0 Å². The van der Waals surface area contributed by atoms with E-state index in [1.807, 2.05) is 0 Å². The molecule has 1 aromatic carbocycles. The van der Waals surface area contributed by atoms with Gasteiger partial charge in [-0.15, -0.1) is 0 Å². The van der Waals surface area contributed by atoms with Crippen molar-refractivity contribution >= 4 is 0 Å². The van der Waals surface area contributed by atoms with Gasteiger partial charge in [-0.3, -0.25) is 0 Å². The molecular weight excluding hydrogens is 218 g/mol. The van der Waals surface area contributed by atoms with Gasteiger partial charge in [-0.2, -0.15) is 0 Å². The van der Waals surface area contributed by atoms with Crippen molar-refractivity contribution in [3.63, 3.8) is 0 Å². The zero-order valence-electron chi connectivity index (χ0n) is 12.3. The van der Waals surface area contributed by atoms with Gasteiger partial charge in [-0.25, -0.2) is 0 Å². The predicted molar refractivity (Wildman–Crippen MR) is 79.2 cm³/mol. The summed E-state index contributed by atoms with van der Waals surface area (Å²) in [6.07, 6.45) is 5.40. The molecule has 0 heterocycles. The van der Waals surface area contributed by atoms with Crippen LogP contribution >= 0.6 is 0 Å². The molecule has 0 amide bonds.